The summed E-state index contributed by atoms with van der Waals surface area (Å²) in [7, 11) is 0. The summed E-state index contributed by atoms with van der Waals surface area (Å²) in [6.07, 6.45) is 6.00. The molecule has 0 aromatic carbocycles. The van der Waals surface area contributed by atoms with Crippen molar-refractivity contribution in [2.75, 3.05) is 0 Å². The molecule has 0 unspecified atom stereocenters. The van der Waals surface area contributed by atoms with E-state index in [1.807, 2.05) is 13.8 Å². The fourth-order valence-electron chi connectivity index (χ4n) is 4.44. The van der Waals surface area contributed by atoms with Gasteiger partial charge in [-0.1, -0.05) is 29.4 Å². The molecule has 2 aliphatic rings. The Morgan fingerprint density at radius 1 is 1.06 bits per heavy atom. The summed E-state index contributed by atoms with van der Waals surface area (Å²) in [6, 6.07) is 0. The Morgan fingerprint density at radius 2 is 1.73 bits per heavy atom. The van der Waals surface area contributed by atoms with Gasteiger partial charge in [-0.05, 0) is 52.5 Å². The summed E-state index contributed by atoms with van der Waals surface area (Å²) >= 11 is 0. The van der Waals surface area contributed by atoms with Crippen LogP contribution < -0.4 is 0 Å². The lowest BCUT2D eigenvalue weighted by Crippen LogP contribution is -2.44. The molecule has 33 heavy (non-hydrogen) atoms. The molecule has 0 amide bonds. The summed E-state index contributed by atoms with van der Waals surface area (Å²) in [5.41, 5.74) is 3.74. The Labute approximate surface area is 196 Å². The molecule has 2 rings (SSSR count). The van der Waals surface area contributed by atoms with E-state index >= 15 is 0 Å². The third kappa shape index (κ3) is 7.62. The van der Waals surface area contributed by atoms with Crippen molar-refractivity contribution >= 4 is 17.9 Å². The molecule has 0 saturated carbocycles. The van der Waals surface area contributed by atoms with Gasteiger partial charge in [-0.3, -0.25) is 14.4 Å². The van der Waals surface area contributed by atoms with Gasteiger partial charge in [-0.15, -0.1) is 0 Å². The summed E-state index contributed by atoms with van der Waals surface area (Å²) in [4.78, 5) is 35.8. The SMILES string of the molecule is C=C1CC/C=C(\C)CC[C@@H]2C([C@H](OC(C)=O)[C@@H](C=C(C)C)OC(C)=O)=CO[C@H](OC(C)=O)[C@@H]12. The monoisotopic (exact) mass is 460 g/mol. The first kappa shape index (κ1) is 26.4. The van der Waals surface area contributed by atoms with Gasteiger partial charge in [0.05, 0.1) is 12.2 Å². The quantitative estimate of drug-likeness (QED) is 0.315. The normalized spacial score (nSPS) is 26.2. The Morgan fingerprint density at radius 3 is 2.30 bits per heavy atom. The van der Waals surface area contributed by atoms with Crippen molar-refractivity contribution in [3.8, 4) is 0 Å². The Bertz CT molecular complexity index is 860. The van der Waals surface area contributed by atoms with Gasteiger partial charge in [-0.25, -0.2) is 0 Å². The van der Waals surface area contributed by atoms with Crippen molar-refractivity contribution in [1.29, 1.82) is 0 Å². The second kappa shape index (κ2) is 11.9. The van der Waals surface area contributed by atoms with Gasteiger partial charge in [-0.2, -0.15) is 0 Å². The average Bonchev–Trinajstić information content (AvgIpc) is 2.75. The first-order valence-electron chi connectivity index (χ1n) is 11.3. The number of allylic oxidation sites excluding steroid dienone is 3. The van der Waals surface area contributed by atoms with E-state index < -0.39 is 36.4 Å². The van der Waals surface area contributed by atoms with Crippen LogP contribution in [0.3, 0.4) is 0 Å². The minimum atomic E-state index is -0.884. The molecule has 0 saturated heterocycles. The Balaban J connectivity index is 2.60. The number of carbonyl (C=O) groups is 3. The standard InChI is InChI=1S/C26H36O7/c1-15(2)13-23(31-18(5)27)25(32-19(6)28)22-14-30-26(33-20(7)29)24-17(4)10-8-9-16(3)11-12-21(22)24/h9,13-14,21,23-26H,4,8,10-12H2,1-3,5-7H3/b16-9+/t21-,23-,24+,25+,26-/m1/s1. The van der Waals surface area contributed by atoms with Crippen molar-refractivity contribution in [2.24, 2.45) is 11.8 Å². The van der Waals surface area contributed by atoms with Crippen LogP contribution in [0.1, 0.15) is 67.2 Å². The third-order valence-corrected chi connectivity index (χ3v) is 5.77. The van der Waals surface area contributed by atoms with Gasteiger partial charge in [0.15, 0.2) is 12.2 Å². The van der Waals surface area contributed by atoms with Crippen molar-refractivity contribution in [1.82, 2.24) is 0 Å². The molecule has 1 aliphatic heterocycles. The maximum absolute atomic E-state index is 12.1. The highest BCUT2D eigenvalue weighted by Gasteiger charge is 2.45. The molecule has 0 bridgehead atoms. The molecule has 0 N–H and O–H groups in total. The van der Waals surface area contributed by atoms with E-state index in [1.54, 1.807) is 6.08 Å². The van der Waals surface area contributed by atoms with Crippen LogP contribution in [0.4, 0.5) is 0 Å². The first-order valence-corrected chi connectivity index (χ1v) is 11.3. The van der Waals surface area contributed by atoms with Crippen molar-refractivity contribution in [2.45, 2.75) is 85.7 Å². The molecule has 0 radical (unpaired) electrons. The van der Waals surface area contributed by atoms with E-state index in [-0.39, 0.29) is 11.8 Å². The lowest BCUT2D eigenvalue weighted by atomic mass is 9.74. The van der Waals surface area contributed by atoms with Crippen LogP contribution in [0, 0.1) is 11.8 Å². The largest absolute Gasteiger partial charge is 0.462 e. The van der Waals surface area contributed by atoms with Crippen LogP contribution in [0.15, 0.2) is 47.3 Å². The number of hydrogen-bond acceptors (Lipinski definition) is 7. The van der Waals surface area contributed by atoms with E-state index in [0.717, 1.165) is 24.0 Å². The van der Waals surface area contributed by atoms with Crippen molar-refractivity contribution < 1.29 is 33.3 Å². The fourth-order valence-corrected chi connectivity index (χ4v) is 4.44. The highest BCUT2D eigenvalue weighted by atomic mass is 16.7. The molecule has 0 fully saturated rings. The second-order valence-electron chi connectivity index (χ2n) is 9.00. The van der Waals surface area contributed by atoms with Crippen LogP contribution in [-0.2, 0) is 33.3 Å². The lowest BCUT2D eigenvalue weighted by Gasteiger charge is -2.41. The molecule has 7 nitrogen and oxygen atoms in total. The first-order chi connectivity index (χ1) is 15.5. The van der Waals surface area contributed by atoms with Crippen LogP contribution >= 0.6 is 0 Å². The summed E-state index contributed by atoms with van der Waals surface area (Å²) in [5.74, 6) is -1.95. The third-order valence-electron chi connectivity index (χ3n) is 5.77. The smallest absolute Gasteiger partial charge is 0.305 e. The zero-order valence-corrected chi connectivity index (χ0v) is 20.5. The van der Waals surface area contributed by atoms with Gasteiger partial charge < -0.3 is 18.9 Å². The van der Waals surface area contributed by atoms with Crippen LogP contribution in [0.5, 0.6) is 0 Å². The summed E-state index contributed by atoms with van der Waals surface area (Å²) in [6.45, 7) is 14.1. The molecule has 182 valence electrons. The molecule has 0 aromatic rings. The number of esters is 3. The average molecular weight is 461 g/mol. The van der Waals surface area contributed by atoms with Gasteiger partial charge in [0.25, 0.3) is 0 Å². The zero-order chi connectivity index (χ0) is 24.7. The Kier molecular flexibility index (Phi) is 9.50. The minimum Gasteiger partial charge on any atom is -0.462 e. The summed E-state index contributed by atoms with van der Waals surface area (Å²) in [5, 5.41) is 0. The predicted octanol–water partition coefficient (Wildman–Crippen LogP) is 4.93. The van der Waals surface area contributed by atoms with E-state index in [4.69, 9.17) is 18.9 Å². The van der Waals surface area contributed by atoms with E-state index in [9.17, 15) is 14.4 Å². The molecule has 1 aliphatic carbocycles. The second-order valence-corrected chi connectivity index (χ2v) is 9.00. The molecular formula is C26H36O7. The molecule has 7 heteroatoms. The molecule has 0 spiro atoms. The van der Waals surface area contributed by atoms with Gasteiger partial charge in [0, 0.05) is 32.3 Å². The van der Waals surface area contributed by atoms with E-state index in [1.165, 1.54) is 32.6 Å². The predicted molar refractivity (Wildman–Crippen MR) is 124 cm³/mol. The topological polar surface area (TPSA) is 88.1 Å². The number of ether oxygens (including phenoxy) is 4. The van der Waals surface area contributed by atoms with Crippen LogP contribution in [0.25, 0.3) is 0 Å². The molecule has 1 heterocycles. The fraction of sp³-hybridized carbons (Fsp3) is 0.577. The highest BCUT2D eigenvalue weighted by molar-refractivity contribution is 5.68. The maximum Gasteiger partial charge on any atom is 0.305 e. The van der Waals surface area contributed by atoms with E-state index in [2.05, 4.69) is 19.6 Å². The van der Waals surface area contributed by atoms with Gasteiger partial charge in [0.1, 0.15) is 0 Å². The molecular weight excluding hydrogens is 424 g/mol. The van der Waals surface area contributed by atoms with Crippen LogP contribution in [0.2, 0.25) is 0 Å². The lowest BCUT2D eigenvalue weighted by molar-refractivity contribution is -0.182. The number of hydrogen-bond donors (Lipinski definition) is 0. The van der Waals surface area contributed by atoms with E-state index in [0.29, 0.717) is 18.4 Å². The number of carbonyl (C=O) groups excluding carboxylic acids is 3. The van der Waals surface area contributed by atoms with Crippen molar-refractivity contribution in [3.05, 3.63) is 47.3 Å². The maximum atomic E-state index is 12.1. The van der Waals surface area contributed by atoms with Crippen molar-refractivity contribution in [3.63, 3.8) is 0 Å². The number of rotatable bonds is 6. The minimum absolute atomic E-state index is 0.190. The van der Waals surface area contributed by atoms with Gasteiger partial charge >= 0.3 is 17.9 Å². The van der Waals surface area contributed by atoms with Crippen LogP contribution in [-0.4, -0.2) is 36.4 Å². The van der Waals surface area contributed by atoms with Gasteiger partial charge in [0.2, 0.25) is 6.29 Å². The zero-order valence-electron chi connectivity index (χ0n) is 20.5. The molecule has 0 aromatic heterocycles. The molecule has 5 atom stereocenters. The highest BCUT2D eigenvalue weighted by Crippen LogP contribution is 2.44. The number of fused-ring (bicyclic) bond motifs is 1. The Hall–Kier alpha value is -2.83. The summed E-state index contributed by atoms with van der Waals surface area (Å²) < 4.78 is 22.7.